The number of aromatic amines is 1. The minimum atomic E-state index is -4.51. The summed E-state index contributed by atoms with van der Waals surface area (Å²) in [7, 11) is 0. The lowest BCUT2D eigenvalue weighted by molar-refractivity contribution is -0.155. The predicted octanol–water partition coefficient (Wildman–Crippen LogP) is 4.82. The fraction of sp³-hybridized carbons (Fsp3) is 0.414. The second-order valence-corrected chi connectivity index (χ2v) is 10.7. The van der Waals surface area contributed by atoms with Gasteiger partial charge in [-0.3, -0.25) is 0 Å². The second kappa shape index (κ2) is 12.2. The highest BCUT2D eigenvalue weighted by molar-refractivity contribution is 5.80. The predicted molar refractivity (Wildman–Crippen MR) is 154 cm³/mol. The van der Waals surface area contributed by atoms with Crippen molar-refractivity contribution in [2.75, 3.05) is 23.3 Å². The average Bonchev–Trinajstić information content (AvgIpc) is 3.24. The molecule has 3 heterocycles. The van der Waals surface area contributed by atoms with Gasteiger partial charge in [-0.25, -0.2) is 24.1 Å². The van der Waals surface area contributed by atoms with Crippen LogP contribution in [0.15, 0.2) is 53.6 Å². The Labute approximate surface area is 241 Å². The van der Waals surface area contributed by atoms with Gasteiger partial charge in [0.25, 0.3) is 0 Å². The van der Waals surface area contributed by atoms with Gasteiger partial charge in [-0.05, 0) is 64.4 Å². The molecule has 0 saturated carbocycles. The maximum atomic E-state index is 13.4. The Morgan fingerprint density at radius 3 is 2.40 bits per heavy atom. The first-order chi connectivity index (χ1) is 19.8. The first-order valence-electron chi connectivity index (χ1n) is 13.6. The zero-order valence-corrected chi connectivity index (χ0v) is 24.1. The number of benzene rings is 1. The van der Waals surface area contributed by atoms with Crippen LogP contribution in [-0.4, -0.2) is 61.4 Å². The minimum Gasteiger partial charge on any atom is -0.458 e. The quantitative estimate of drug-likeness (QED) is 0.255. The molecule has 4 aromatic rings. The van der Waals surface area contributed by atoms with E-state index in [0.717, 1.165) is 6.20 Å². The largest absolute Gasteiger partial charge is 0.458 e. The van der Waals surface area contributed by atoms with Gasteiger partial charge >= 0.3 is 17.8 Å². The molecule has 3 aromatic heterocycles. The monoisotopic (exact) mass is 585 g/mol. The third-order valence-corrected chi connectivity index (χ3v) is 6.37. The summed E-state index contributed by atoms with van der Waals surface area (Å²) in [5.74, 6) is -0.490. The number of halogens is 3. The van der Waals surface area contributed by atoms with Crippen molar-refractivity contribution in [1.82, 2.24) is 24.5 Å². The Balaban J connectivity index is 1.68. The van der Waals surface area contributed by atoms with E-state index in [1.165, 1.54) is 4.57 Å². The summed E-state index contributed by atoms with van der Waals surface area (Å²) in [6.45, 7) is 10.00. The number of anilines is 2. The van der Waals surface area contributed by atoms with Gasteiger partial charge in [0, 0.05) is 37.5 Å². The van der Waals surface area contributed by atoms with E-state index in [2.05, 4.69) is 25.3 Å². The van der Waals surface area contributed by atoms with E-state index in [0.29, 0.717) is 35.5 Å². The van der Waals surface area contributed by atoms with Gasteiger partial charge in [0.15, 0.2) is 5.65 Å². The van der Waals surface area contributed by atoms with Crippen LogP contribution in [0.4, 0.5) is 24.9 Å². The molecule has 1 atom stereocenters. The van der Waals surface area contributed by atoms with Gasteiger partial charge in [-0.15, -0.1) is 0 Å². The normalized spacial score (nSPS) is 12.8. The Morgan fingerprint density at radius 1 is 1.10 bits per heavy atom. The molecule has 10 nitrogen and oxygen atoms in total. The van der Waals surface area contributed by atoms with Crippen LogP contribution in [0, 0.1) is 0 Å². The highest BCUT2D eigenvalue weighted by atomic mass is 19.4. The highest BCUT2D eigenvalue weighted by Crippen LogP contribution is 2.27. The number of hydrogen-bond acceptors (Lipinski definition) is 8. The zero-order chi connectivity index (χ0) is 30.7. The Kier molecular flexibility index (Phi) is 8.88. The SMILES string of the molecule is CCN(CC)c1ncc(CC(F)(F)F)c(NC(Cc2ccc(-n3c(=O)[nH]c4cccnc43)cc2)C(=O)OC(C)(C)C)n1. The summed E-state index contributed by atoms with van der Waals surface area (Å²) in [6.07, 6.45) is -2.97. The van der Waals surface area contributed by atoms with Crippen LogP contribution in [-0.2, 0) is 22.4 Å². The number of esters is 1. The third-order valence-electron chi connectivity index (χ3n) is 6.37. The van der Waals surface area contributed by atoms with Crippen molar-refractivity contribution in [3.8, 4) is 5.69 Å². The summed E-state index contributed by atoms with van der Waals surface area (Å²) in [5.41, 5.74) is 0.916. The molecule has 0 bridgehead atoms. The molecule has 4 rings (SSSR count). The number of rotatable bonds is 10. The van der Waals surface area contributed by atoms with Crippen molar-refractivity contribution in [2.45, 2.75) is 65.3 Å². The molecule has 0 fully saturated rings. The van der Waals surface area contributed by atoms with Crippen LogP contribution in [0.2, 0.25) is 0 Å². The van der Waals surface area contributed by atoms with Crippen molar-refractivity contribution in [1.29, 1.82) is 0 Å². The molecule has 0 aliphatic carbocycles. The van der Waals surface area contributed by atoms with Crippen molar-refractivity contribution in [3.63, 3.8) is 0 Å². The Morgan fingerprint density at radius 2 is 1.79 bits per heavy atom. The lowest BCUT2D eigenvalue weighted by Gasteiger charge is -2.26. The second-order valence-electron chi connectivity index (χ2n) is 10.7. The first-order valence-corrected chi connectivity index (χ1v) is 13.6. The standard InChI is InChI=1S/C29H34F3N7O3/c1-6-38(7-2)26-34-17-19(16-29(30,31)32)23(37-26)35-22(25(40)42-28(3,4)5)15-18-10-12-20(13-11-18)39-24-21(36-27(39)41)9-8-14-33-24/h8-14,17,22H,6-7,15-16H2,1-5H3,(H,36,41)(H,34,35,37). The van der Waals surface area contributed by atoms with Crippen molar-refractivity contribution < 1.29 is 22.7 Å². The molecule has 0 amide bonds. The van der Waals surface area contributed by atoms with Crippen LogP contribution < -0.4 is 15.9 Å². The van der Waals surface area contributed by atoms with E-state index < -0.39 is 30.2 Å². The zero-order valence-electron chi connectivity index (χ0n) is 24.1. The van der Waals surface area contributed by atoms with E-state index in [4.69, 9.17) is 4.74 Å². The molecular formula is C29H34F3N7O3. The number of imidazole rings is 1. The van der Waals surface area contributed by atoms with Gasteiger partial charge in [0.1, 0.15) is 17.5 Å². The molecule has 224 valence electrons. The summed E-state index contributed by atoms with van der Waals surface area (Å²) in [5, 5.41) is 2.94. The number of nitrogens with zero attached hydrogens (tertiary/aromatic N) is 5. The molecule has 1 aromatic carbocycles. The molecule has 13 heteroatoms. The van der Waals surface area contributed by atoms with E-state index in [1.807, 2.05) is 13.8 Å². The van der Waals surface area contributed by atoms with Crippen LogP contribution in [0.25, 0.3) is 16.9 Å². The summed E-state index contributed by atoms with van der Waals surface area (Å²) in [6, 6.07) is 9.29. The molecule has 0 radical (unpaired) electrons. The van der Waals surface area contributed by atoms with Crippen LogP contribution in [0.3, 0.4) is 0 Å². The maximum absolute atomic E-state index is 13.4. The topological polar surface area (TPSA) is 118 Å². The smallest absolute Gasteiger partial charge is 0.393 e. The van der Waals surface area contributed by atoms with Crippen molar-refractivity contribution in [2.24, 2.45) is 0 Å². The number of hydrogen-bond donors (Lipinski definition) is 2. The number of aromatic nitrogens is 5. The van der Waals surface area contributed by atoms with E-state index in [9.17, 15) is 22.8 Å². The maximum Gasteiger partial charge on any atom is 0.393 e. The molecule has 0 spiro atoms. The van der Waals surface area contributed by atoms with Gasteiger partial charge in [-0.1, -0.05) is 12.1 Å². The minimum absolute atomic E-state index is 0.0757. The van der Waals surface area contributed by atoms with Gasteiger partial charge in [0.2, 0.25) is 5.95 Å². The fourth-order valence-corrected chi connectivity index (χ4v) is 4.45. The number of pyridine rings is 1. The van der Waals surface area contributed by atoms with Crippen molar-refractivity contribution >= 4 is 28.9 Å². The van der Waals surface area contributed by atoms with E-state index in [1.54, 1.807) is 68.3 Å². The van der Waals surface area contributed by atoms with Gasteiger partial charge < -0.3 is 19.9 Å². The van der Waals surface area contributed by atoms with Crippen LogP contribution >= 0.6 is 0 Å². The molecule has 0 aliphatic heterocycles. The lowest BCUT2D eigenvalue weighted by Crippen LogP contribution is -2.39. The van der Waals surface area contributed by atoms with Crippen LogP contribution in [0.5, 0.6) is 0 Å². The number of carbonyl (C=O) groups is 1. The van der Waals surface area contributed by atoms with E-state index >= 15 is 0 Å². The fourth-order valence-electron chi connectivity index (χ4n) is 4.45. The van der Waals surface area contributed by atoms with E-state index in [-0.39, 0.29) is 29.4 Å². The lowest BCUT2D eigenvalue weighted by atomic mass is 10.0. The number of carbonyl (C=O) groups excluding carboxylic acids is 1. The molecule has 42 heavy (non-hydrogen) atoms. The summed E-state index contributed by atoms with van der Waals surface area (Å²) in [4.78, 5) is 43.3. The molecule has 2 N–H and O–H groups in total. The first kappa shape index (κ1) is 30.5. The molecular weight excluding hydrogens is 551 g/mol. The van der Waals surface area contributed by atoms with Gasteiger partial charge in [0.05, 0.1) is 17.6 Å². The van der Waals surface area contributed by atoms with Crippen LogP contribution in [0.1, 0.15) is 45.7 Å². The molecule has 0 aliphatic rings. The Bertz CT molecular complexity index is 1590. The third kappa shape index (κ3) is 7.45. The van der Waals surface area contributed by atoms with Crippen molar-refractivity contribution in [3.05, 3.63) is 70.4 Å². The number of ether oxygens (including phenoxy) is 1. The average molecular weight is 586 g/mol. The Hall–Kier alpha value is -4.42. The number of nitrogens with one attached hydrogen (secondary N) is 2. The summed E-state index contributed by atoms with van der Waals surface area (Å²) >= 11 is 0. The molecule has 0 saturated heterocycles. The molecule has 1 unspecified atom stereocenters. The summed E-state index contributed by atoms with van der Waals surface area (Å²) < 4.78 is 47.4. The number of alkyl halides is 3. The number of H-pyrrole nitrogens is 1. The highest BCUT2D eigenvalue weighted by Gasteiger charge is 2.32. The number of fused-ring (bicyclic) bond motifs is 1. The van der Waals surface area contributed by atoms with Gasteiger partial charge in [-0.2, -0.15) is 18.2 Å².